The van der Waals surface area contributed by atoms with E-state index in [9.17, 15) is 19.5 Å². The number of anilines is 1. The van der Waals surface area contributed by atoms with Crippen LogP contribution >= 0.6 is 0 Å². The van der Waals surface area contributed by atoms with Gasteiger partial charge in [-0.05, 0) is 49.4 Å². The lowest BCUT2D eigenvalue weighted by atomic mass is 9.78. The Morgan fingerprint density at radius 1 is 1.05 bits per heavy atom. The fourth-order valence-corrected chi connectivity index (χ4v) is 6.78. The smallest absolute Gasteiger partial charge is 0.312 e. The predicted molar refractivity (Wildman–Crippen MR) is 148 cm³/mol. The number of rotatable bonds is 4. The molecule has 4 aliphatic heterocycles. The monoisotopic (exact) mass is 542 g/mol. The second-order valence-electron chi connectivity index (χ2n) is 11.1. The van der Waals surface area contributed by atoms with Crippen LogP contribution in [0.1, 0.15) is 35.6 Å². The van der Waals surface area contributed by atoms with Gasteiger partial charge in [0.1, 0.15) is 17.6 Å². The van der Waals surface area contributed by atoms with Crippen LogP contribution in [0.15, 0.2) is 72.8 Å². The minimum absolute atomic E-state index is 0.256. The van der Waals surface area contributed by atoms with Crippen molar-refractivity contribution >= 4 is 23.5 Å². The van der Waals surface area contributed by atoms with Crippen molar-refractivity contribution in [1.29, 1.82) is 0 Å². The number of carbonyl (C=O) groups excluding carboxylic acids is 3. The van der Waals surface area contributed by atoms with Crippen molar-refractivity contribution in [2.45, 2.75) is 50.5 Å². The van der Waals surface area contributed by atoms with Crippen molar-refractivity contribution in [2.75, 3.05) is 24.7 Å². The molecule has 0 aliphatic carbocycles. The lowest BCUT2D eigenvalue weighted by Crippen LogP contribution is -2.56. The van der Waals surface area contributed by atoms with Gasteiger partial charge >= 0.3 is 5.97 Å². The summed E-state index contributed by atoms with van der Waals surface area (Å²) >= 11 is 0. The Kier molecular flexibility index (Phi) is 6.84. The summed E-state index contributed by atoms with van der Waals surface area (Å²) in [5, 5.41) is 10.7. The van der Waals surface area contributed by atoms with E-state index in [1.807, 2.05) is 86.7 Å². The van der Waals surface area contributed by atoms with Crippen molar-refractivity contribution in [3.05, 3.63) is 89.5 Å². The highest BCUT2D eigenvalue weighted by Crippen LogP contribution is 2.55. The van der Waals surface area contributed by atoms with E-state index >= 15 is 0 Å². The molecule has 6 rings (SSSR count). The van der Waals surface area contributed by atoms with Gasteiger partial charge in [0.25, 0.3) is 5.91 Å². The number of likely N-dealkylation sites (tertiary alicyclic amines) is 1. The van der Waals surface area contributed by atoms with Gasteiger partial charge < -0.3 is 24.4 Å². The molecule has 0 saturated carbocycles. The molecule has 208 valence electrons. The van der Waals surface area contributed by atoms with Gasteiger partial charge in [-0.1, -0.05) is 66.8 Å². The third-order valence-corrected chi connectivity index (χ3v) is 8.64. The Hall–Kier alpha value is -3.75. The molecule has 1 spiro atoms. The highest BCUT2D eigenvalue weighted by atomic mass is 16.6. The molecule has 40 heavy (non-hydrogen) atoms. The Bertz CT molecular complexity index is 1390. The van der Waals surface area contributed by atoms with Crippen LogP contribution in [0.5, 0.6) is 0 Å². The molecule has 2 fully saturated rings. The predicted octanol–water partition coefficient (Wildman–Crippen LogP) is 3.41. The summed E-state index contributed by atoms with van der Waals surface area (Å²) in [5.41, 5.74) is 1.98. The summed E-state index contributed by atoms with van der Waals surface area (Å²) in [5.74, 6) is -3.09. The molecule has 2 amide bonds. The quantitative estimate of drug-likeness (QED) is 0.470. The molecule has 4 heterocycles. The van der Waals surface area contributed by atoms with Crippen molar-refractivity contribution in [3.63, 3.8) is 0 Å². The minimum Gasteiger partial charge on any atom is -0.465 e. The Morgan fingerprint density at radius 3 is 2.62 bits per heavy atom. The lowest BCUT2D eigenvalue weighted by molar-refractivity contribution is -0.155. The van der Waals surface area contributed by atoms with Gasteiger partial charge in [-0.15, -0.1) is 0 Å². The van der Waals surface area contributed by atoms with Crippen molar-refractivity contribution in [3.8, 4) is 0 Å². The third-order valence-electron chi connectivity index (χ3n) is 8.64. The number of ether oxygens (including phenoxy) is 2. The highest BCUT2D eigenvalue weighted by molar-refractivity contribution is 6.06. The number of amides is 2. The first-order valence-electron chi connectivity index (χ1n) is 13.9. The van der Waals surface area contributed by atoms with E-state index in [1.165, 1.54) is 4.90 Å². The number of hydrogen-bond donors (Lipinski definition) is 1. The normalized spacial score (nSPS) is 31.3. The summed E-state index contributed by atoms with van der Waals surface area (Å²) in [7, 11) is 0. The summed E-state index contributed by atoms with van der Waals surface area (Å²) in [6.07, 6.45) is 8.16. The number of allylic oxidation sites excluding steroid dienone is 1. The minimum atomic E-state index is -1.40. The number of cyclic esters (lactones) is 1. The third kappa shape index (κ3) is 4.09. The van der Waals surface area contributed by atoms with E-state index < -0.39 is 54.1 Å². The largest absolute Gasteiger partial charge is 0.465 e. The van der Waals surface area contributed by atoms with Gasteiger partial charge in [0, 0.05) is 12.2 Å². The second kappa shape index (κ2) is 10.3. The summed E-state index contributed by atoms with van der Waals surface area (Å²) in [4.78, 5) is 45.8. The van der Waals surface area contributed by atoms with Crippen LogP contribution in [-0.4, -0.2) is 65.3 Å². The number of esters is 1. The molecule has 0 aromatic heterocycles. The topological polar surface area (TPSA) is 96.4 Å². The van der Waals surface area contributed by atoms with E-state index in [1.54, 1.807) is 4.90 Å². The number of hydrogen-bond acceptors (Lipinski definition) is 6. The van der Waals surface area contributed by atoms with E-state index in [-0.39, 0.29) is 19.1 Å². The Labute approximate surface area is 233 Å². The van der Waals surface area contributed by atoms with Crippen LogP contribution in [0.25, 0.3) is 0 Å². The molecule has 1 unspecified atom stereocenters. The maximum Gasteiger partial charge on any atom is 0.312 e. The molecule has 4 aliphatic rings. The molecule has 0 bridgehead atoms. The zero-order valence-electron chi connectivity index (χ0n) is 22.7. The van der Waals surface area contributed by atoms with Crippen LogP contribution in [0.2, 0.25) is 0 Å². The molecule has 1 N–H and O–H groups in total. The van der Waals surface area contributed by atoms with Crippen LogP contribution in [0.3, 0.4) is 0 Å². The fraction of sp³-hybridized carbons (Fsp3) is 0.406. The first-order valence-corrected chi connectivity index (χ1v) is 13.9. The van der Waals surface area contributed by atoms with Gasteiger partial charge in [0.15, 0.2) is 0 Å². The molecule has 0 radical (unpaired) electrons. The van der Waals surface area contributed by atoms with Gasteiger partial charge in [-0.25, -0.2) is 0 Å². The molecule has 2 aromatic rings. The van der Waals surface area contributed by atoms with Gasteiger partial charge in [0.2, 0.25) is 5.91 Å². The molecule has 8 heteroatoms. The van der Waals surface area contributed by atoms with E-state index in [0.29, 0.717) is 12.0 Å². The maximum atomic E-state index is 14.7. The first kappa shape index (κ1) is 26.5. The molecule has 2 aromatic carbocycles. The number of fused-ring (bicyclic) bond motifs is 2. The van der Waals surface area contributed by atoms with Gasteiger partial charge in [-0.2, -0.15) is 0 Å². The van der Waals surface area contributed by atoms with Gasteiger partial charge in [-0.3, -0.25) is 14.4 Å². The average Bonchev–Trinajstić information content (AvgIpc) is 3.36. The number of benzene rings is 2. The molecular weight excluding hydrogens is 508 g/mol. The van der Waals surface area contributed by atoms with Crippen molar-refractivity contribution in [1.82, 2.24) is 4.90 Å². The summed E-state index contributed by atoms with van der Waals surface area (Å²) < 4.78 is 12.3. The zero-order chi connectivity index (χ0) is 28.0. The fourth-order valence-electron chi connectivity index (χ4n) is 6.78. The van der Waals surface area contributed by atoms with Crippen LogP contribution in [-0.2, 0) is 23.9 Å². The highest BCUT2D eigenvalue weighted by Gasteiger charge is 2.72. The number of aliphatic hydroxyl groups excluding tert-OH is 1. The second-order valence-corrected chi connectivity index (χ2v) is 11.1. The average molecular weight is 543 g/mol. The van der Waals surface area contributed by atoms with E-state index in [2.05, 4.69) is 0 Å². The van der Waals surface area contributed by atoms with Crippen molar-refractivity contribution in [2.24, 2.45) is 11.8 Å². The molecule has 2 saturated heterocycles. The SMILES string of the molecule is Cc1ccc(C)c(N2CC=C[C@]34O[C@H]5/C=C\CCCOC(=O)[C@H]5[C@H]3C(=O)N([C@H](CO)c3ccccc3)C4C2=O)c1. The van der Waals surface area contributed by atoms with Gasteiger partial charge in [0.05, 0.1) is 31.3 Å². The lowest BCUT2D eigenvalue weighted by Gasteiger charge is -2.39. The van der Waals surface area contributed by atoms with Crippen molar-refractivity contribution < 1.29 is 29.0 Å². The van der Waals surface area contributed by atoms with E-state index in [4.69, 9.17) is 9.47 Å². The zero-order valence-corrected chi connectivity index (χ0v) is 22.7. The van der Waals surface area contributed by atoms with Crippen LogP contribution in [0.4, 0.5) is 5.69 Å². The number of aliphatic hydroxyl groups is 1. The molecule has 8 nitrogen and oxygen atoms in total. The molecule has 6 atom stereocenters. The van der Waals surface area contributed by atoms with Crippen LogP contribution < -0.4 is 4.90 Å². The Balaban J connectivity index is 1.53. The number of nitrogens with zero attached hydrogens (tertiary/aromatic N) is 2. The summed E-state index contributed by atoms with van der Waals surface area (Å²) in [6, 6.07) is 13.2. The number of aryl methyl sites for hydroxylation is 2. The summed E-state index contributed by atoms with van der Waals surface area (Å²) in [6.45, 7) is 4.06. The van der Waals surface area contributed by atoms with Crippen LogP contribution in [0, 0.1) is 25.7 Å². The number of carbonyl (C=O) groups is 3. The standard InChI is InChI=1S/C32H34N2O6/c1-20-13-14-21(2)23(18-20)33-16-9-15-32-27(26-25(40-32)12-7-4-8-17-39-31(26)38)29(36)34(28(32)30(33)37)24(19-35)22-10-5-3-6-11-22/h3,5-7,9-15,18,24-28,35H,4,8,16-17,19H2,1-2H3/b12-7-/t24-,25+,26-,27+,28?,32+/m1/s1. The van der Waals surface area contributed by atoms with E-state index in [0.717, 1.165) is 23.2 Å². The first-order chi connectivity index (χ1) is 19.4. The Morgan fingerprint density at radius 2 is 1.85 bits per heavy atom. The maximum absolute atomic E-state index is 14.7. The molecular formula is C32H34N2O6.